The number of nitrogens with zero attached hydrogens (tertiary/aromatic N) is 1. The van der Waals surface area contributed by atoms with E-state index in [0.29, 0.717) is 30.1 Å². The minimum absolute atomic E-state index is 0.389. The maximum Gasteiger partial charge on any atom is 0.178 e. The molecule has 0 fully saturated rings. The second kappa shape index (κ2) is 5.95. The number of benzene rings is 1. The Labute approximate surface area is 94.3 Å². The molecular weight excluding hydrogens is 208 g/mol. The molecule has 1 aromatic carbocycles. The van der Waals surface area contributed by atoms with E-state index < -0.39 is 0 Å². The zero-order chi connectivity index (χ0) is 12.0. The van der Waals surface area contributed by atoms with Crippen molar-refractivity contribution in [1.82, 2.24) is 0 Å². The molecule has 0 saturated heterocycles. The summed E-state index contributed by atoms with van der Waals surface area (Å²) in [6, 6.07) is 5.60. The standard InChI is InChI=1S/C11H14N2O3/c1-14-10-6-8(3-4-16-13)5-9(7-12)11(10)15-2/h5-6H,3-4,13H2,1-2H3. The van der Waals surface area contributed by atoms with Crippen LogP contribution in [0, 0.1) is 11.3 Å². The van der Waals surface area contributed by atoms with Gasteiger partial charge in [-0.25, -0.2) is 5.90 Å². The normalized spacial score (nSPS) is 9.62. The fraction of sp³-hybridized carbons (Fsp3) is 0.364. The van der Waals surface area contributed by atoms with Crippen molar-refractivity contribution in [3.63, 3.8) is 0 Å². The lowest BCUT2D eigenvalue weighted by atomic mass is 10.1. The molecule has 0 atom stereocenters. The Morgan fingerprint density at radius 1 is 1.31 bits per heavy atom. The van der Waals surface area contributed by atoms with E-state index in [4.69, 9.17) is 20.6 Å². The molecule has 16 heavy (non-hydrogen) atoms. The van der Waals surface area contributed by atoms with Crippen LogP contribution >= 0.6 is 0 Å². The highest BCUT2D eigenvalue weighted by Gasteiger charge is 2.11. The van der Waals surface area contributed by atoms with Gasteiger partial charge >= 0.3 is 0 Å². The van der Waals surface area contributed by atoms with E-state index in [1.54, 1.807) is 12.1 Å². The lowest BCUT2D eigenvalue weighted by Gasteiger charge is -2.11. The van der Waals surface area contributed by atoms with Crippen LogP contribution in [0.5, 0.6) is 11.5 Å². The number of methoxy groups -OCH3 is 2. The van der Waals surface area contributed by atoms with Crippen LogP contribution in [-0.2, 0) is 11.3 Å². The Balaban J connectivity index is 3.11. The lowest BCUT2D eigenvalue weighted by Crippen LogP contribution is -2.04. The highest BCUT2D eigenvalue weighted by molar-refractivity contribution is 5.54. The number of ether oxygens (including phenoxy) is 2. The summed E-state index contributed by atoms with van der Waals surface area (Å²) < 4.78 is 10.3. The van der Waals surface area contributed by atoms with Crippen LogP contribution in [0.4, 0.5) is 0 Å². The molecule has 0 aromatic heterocycles. The molecule has 0 aliphatic carbocycles. The molecule has 2 N–H and O–H groups in total. The van der Waals surface area contributed by atoms with E-state index in [0.717, 1.165) is 5.56 Å². The predicted octanol–water partition coefficient (Wildman–Crippen LogP) is 1.01. The second-order valence-corrected chi connectivity index (χ2v) is 3.11. The molecule has 5 nitrogen and oxygen atoms in total. The summed E-state index contributed by atoms with van der Waals surface area (Å²) in [5, 5.41) is 8.98. The van der Waals surface area contributed by atoms with Crippen LogP contribution in [0.15, 0.2) is 12.1 Å². The Morgan fingerprint density at radius 2 is 2.06 bits per heavy atom. The van der Waals surface area contributed by atoms with Crippen molar-refractivity contribution in [2.75, 3.05) is 20.8 Å². The van der Waals surface area contributed by atoms with Gasteiger partial charge in [0.25, 0.3) is 0 Å². The van der Waals surface area contributed by atoms with Gasteiger partial charge < -0.3 is 14.3 Å². The lowest BCUT2D eigenvalue weighted by molar-refractivity contribution is 0.141. The van der Waals surface area contributed by atoms with Crippen LogP contribution in [0.2, 0.25) is 0 Å². The number of nitrogens with two attached hydrogens (primary N) is 1. The van der Waals surface area contributed by atoms with E-state index in [1.807, 2.05) is 0 Å². The summed E-state index contributed by atoms with van der Waals surface area (Å²) in [7, 11) is 3.03. The number of hydrogen-bond acceptors (Lipinski definition) is 5. The highest BCUT2D eigenvalue weighted by atomic mass is 16.6. The minimum Gasteiger partial charge on any atom is -0.493 e. The van der Waals surface area contributed by atoms with Gasteiger partial charge in [0.2, 0.25) is 0 Å². The molecular formula is C11H14N2O3. The summed E-state index contributed by atoms with van der Waals surface area (Å²) >= 11 is 0. The van der Waals surface area contributed by atoms with Crippen LogP contribution in [0.25, 0.3) is 0 Å². The Kier molecular flexibility index (Phi) is 4.58. The Morgan fingerprint density at radius 3 is 2.56 bits per heavy atom. The summed E-state index contributed by atoms with van der Waals surface area (Å²) in [5.41, 5.74) is 1.36. The molecule has 1 aromatic rings. The first-order valence-electron chi connectivity index (χ1n) is 4.73. The first-order chi connectivity index (χ1) is 7.76. The summed E-state index contributed by atoms with van der Waals surface area (Å²) in [5.74, 6) is 5.93. The average Bonchev–Trinajstić information content (AvgIpc) is 2.34. The zero-order valence-electron chi connectivity index (χ0n) is 9.32. The largest absolute Gasteiger partial charge is 0.493 e. The number of rotatable bonds is 5. The van der Waals surface area contributed by atoms with Crippen molar-refractivity contribution >= 4 is 0 Å². The van der Waals surface area contributed by atoms with Crippen molar-refractivity contribution in [2.45, 2.75) is 6.42 Å². The van der Waals surface area contributed by atoms with Crippen LogP contribution in [0.1, 0.15) is 11.1 Å². The SMILES string of the molecule is COc1cc(CCON)cc(C#N)c1OC. The van der Waals surface area contributed by atoms with Gasteiger partial charge in [-0.3, -0.25) is 0 Å². The average molecular weight is 222 g/mol. The van der Waals surface area contributed by atoms with Crippen LogP contribution in [0.3, 0.4) is 0 Å². The monoisotopic (exact) mass is 222 g/mol. The van der Waals surface area contributed by atoms with Crippen molar-refractivity contribution in [2.24, 2.45) is 5.90 Å². The maximum atomic E-state index is 8.98. The van der Waals surface area contributed by atoms with Crippen molar-refractivity contribution in [1.29, 1.82) is 5.26 Å². The quantitative estimate of drug-likeness (QED) is 0.752. The van der Waals surface area contributed by atoms with Crippen LogP contribution < -0.4 is 15.4 Å². The molecule has 0 radical (unpaired) electrons. The molecule has 86 valence electrons. The number of hydrogen-bond donors (Lipinski definition) is 1. The molecule has 0 amide bonds. The zero-order valence-corrected chi connectivity index (χ0v) is 9.32. The summed E-state index contributed by atoms with van der Waals surface area (Å²) in [6.07, 6.45) is 0.617. The summed E-state index contributed by atoms with van der Waals surface area (Å²) in [4.78, 5) is 4.49. The van der Waals surface area contributed by atoms with Gasteiger partial charge in [-0.05, 0) is 24.1 Å². The Bertz CT molecular complexity index is 399. The van der Waals surface area contributed by atoms with E-state index in [9.17, 15) is 0 Å². The van der Waals surface area contributed by atoms with E-state index in [2.05, 4.69) is 10.9 Å². The van der Waals surface area contributed by atoms with Gasteiger partial charge in [0.05, 0.1) is 26.4 Å². The molecule has 0 saturated carbocycles. The van der Waals surface area contributed by atoms with Gasteiger partial charge in [0.15, 0.2) is 11.5 Å². The first kappa shape index (κ1) is 12.3. The predicted molar refractivity (Wildman–Crippen MR) is 58.1 cm³/mol. The van der Waals surface area contributed by atoms with Gasteiger partial charge in [0.1, 0.15) is 6.07 Å². The van der Waals surface area contributed by atoms with Gasteiger partial charge in [-0.2, -0.15) is 5.26 Å². The Hall–Kier alpha value is -1.77. The third-order valence-corrected chi connectivity index (χ3v) is 2.17. The molecule has 0 bridgehead atoms. The fourth-order valence-electron chi connectivity index (χ4n) is 1.43. The molecule has 0 heterocycles. The van der Waals surface area contributed by atoms with Gasteiger partial charge in [-0.15, -0.1) is 0 Å². The molecule has 0 aliphatic rings. The van der Waals surface area contributed by atoms with Crippen molar-refractivity contribution < 1.29 is 14.3 Å². The molecule has 0 unspecified atom stereocenters. The smallest absolute Gasteiger partial charge is 0.178 e. The molecule has 1 rings (SSSR count). The van der Waals surface area contributed by atoms with Gasteiger partial charge in [0, 0.05) is 0 Å². The topological polar surface area (TPSA) is 77.5 Å². The van der Waals surface area contributed by atoms with E-state index >= 15 is 0 Å². The molecule has 5 heteroatoms. The third-order valence-electron chi connectivity index (χ3n) is 2.17. The highest BCUT2D eigenvalue weighted by Crippen LogP contribution is 2.32. The van der Waals surface area contributed by atoms with Crippen molar-refractivity contribution in [3.05, 3.63) is 23.3 Å². The third kappa shape index (κ3) is 2.63. The molecule has 0 aliphatic heterocycles. The van der Waals surface area contributed by atoms with E-state index in [1.165, 1.54) is 14.2 Å². The number of nitriles is 1. The van der Waals surface area contributed by atoms with E-state index in [-0.39, 0.29) is 0 Å². The van der Waals surface area contributed by atoms with Crippen LogP contribution in [-0.4, -0.2) is 20.8 Å². The fourth-order valence-corrected chi connectivity index (χ4v) is 1.43. The molecule has 0 spiro atoms. The first-order valence-corrected chi connectivity index (χ1v) is 4.73. The summed E-state index contributed by atoms with van der Waals surface area (Å²) in [6.45, 7) is 0.389. The van der Waals surface area contributed by atoms with Crippen molar-refractivity contribution in [3.8, 4) is 17.6 Å². The van der Waals surface area contributed by atoms with Gasteiger partial charge in [-0.1, -0.05) is 0 Å². The minimum atomic E-state index is 0.389. The second-order valence-electron chi connectivity index (χ2n) is 3.11. The maximum absolute atomic E-state index is 8.98.